The second-order valence-electron chi connectivity index (χ2n) is 3.51. The summed E-state index contributed by atoms with van der Waals surface area (Å²) in [4.78, 5) is 0. The Morgan fingerprint density at radius 1 is 1.46 bits per heavy atom. The fraction of sp³-hybridized carbons (Fsp3) is 0.455. The Kier molecular flexibility index (Phi) is 2.62. The van der Waals surface area contributed by atoms with Crippen molar-refractivity contribution in [3.8, 4) is 0 Å². The first kappa shape index (κ1) is 8.73. The van der Waals surface area contributed by atoms with Crippen molar-refractivity contribution < 1.29 is 4.74 Å². The highest BCUT2D eigenvalue weighted by Crippen LogP contribution is 2.24. The zero-order valence-corrected chi connectivity index (χ0v) is 7.92. The molecule has 1 aliphatic rings. The lowest BCUT2D eigenvalue weighted by atomic mass is 9.96. The van der Waals surface area contributed by atoms with Gasteiger partial charge in [-0.3, -0.25) is 0 Å². The predicted molar refractivity (Wildman–Crippen MR) is 52.8 cm³/mol. The van der Waals surface area contributed by atoms with Crippen LogP contribution in [0.5, 0.6) is 0 Å². The van der Waals surface area contributed by atoms with E-state index in [0.29, 0.717) is 5.92 Å². The van der Waals surface area contributed by atoms with Gasteiger partial charge in [-0.2, -0.15) is 0 Å². The fourth-order valence-corrected chi connectivity index (χ4v) is 1.59. The molecule has 2 heteroatoms. The summed E-state index contributed by atoms with van der Waals surface area (Å²) < 4.78 is 5.17. The minimum Gasteiger partial charge on any atom is -0.380 e. The van der Waals surface area contributed by atoms with Crippen LogP contribution in [-0.2, 0) is 11.3 Å². The van der Waals surface area contributed by atoms with Crippen molar-refractivity contribution in [2.45, 2.75) is 12.5 Å². The third-order valence-electron chi connectivity index (χ3n) is 2.44. The van der Waals surface area contributed by atoms with Crippen molar-refractivity contribution in [3.05, 3.63) is 35.4 Å². The molecule has 1 heterocycles. The van der Waals surface area contributed by atoms with Gasteiger partial charge in [0.05, 0.1) is 13.2 Å². The molecule has 1 N–H and O–H groups in total. The largest absolute Gasteiger partial charge is 0.380 e. The molecule has 0 spiro atoms. The van der Waals surface area contributed by atoms with E-state index in [0.717, 1.165) is 19.8 Å². The lowest BCUT2D eigenvalue weighted by molar-refractivity contribution is 0.00840. The predicted octanol–water partition coefficient (Wildman–Crippen LogP) is 1.52. The minimum atomic E-state index is 0.636. The normalized spacial score (nSPS) is 17.0. The first-order chi connectivity index (χ1) is 6.40. The third kappa shape index (κ3) is 1.90. The summed E-state index contributed by atoms with van der Waals surface area (Å²) in [5.41, 5.74) is 2.77. The van der Waals surface area contributed by atoms with E-state index in [1.165, 1.54) is 11.1 Å². The molecule has 70 valence electrons. The SMILES string of the molecule is CNCc1cccc(C2COC2)c1. The maximum atomic E-state index is 5.17. The average Bonchev–Trinajstić information content (AvgIpc) is 2.02. The van der Waals surface area contributed by atoms with Crippen LogP contribution in [0.15, 0.2) is 24.3 Å². The van der Waals surface area contributed by atoms with Gasteiger partial charge >= 0.3 is 0 Å². The highest BCUT2D eigenvalue weighted by Gasteiger charge is 2.20. The van der Waals surface area contributed by atoms with Crippen LogP contribution >= 0.6 is 0 Å². The van der Waals surface area contributed by atoms with E-state index in [1.807, 2.05) is 7.05 Å². The van der Waals surface area contributed by atoms with Gasteiger partial charge in [-0.1, -0.05) is 24.3 Å². The third-order valence-corrected chi connectivity index (χ3v) is 2.44. The number of nitrogens with one attached hydrogen (secondary N) is 1. The highest BCUT2D eigenvalue weighted by molar-refractivity contribution is 5.27. The van der Waals surface area contributed by atoms with Crippen molar-refractivity contribution in [2.24, 2.45) is 0 Å². The number of hydrogen-bond acceptors (Lipinski definition) is 2. The van der Waals surface area contributed by atoms with Crippen LogP contribution in [0.4, 0.5) is 0 Å². The summed E-state index contributed by atoms with van der Waals surface area (Å²) >= 11 is 0. The molecule has 13 heavy (non-hydrogen) atoms. The van der Waals surface area contributed by atoms with Crippen molar-refractivity contribution in [1.29, 1.82) is 0 Å². The molecule has 2 rings (SSSR count). The van der Waals surface area contributed by atoms with E-state index in [1.54, 1.807) is 0 Å². The van der Waals surface area contributed by atoms with Gasteiger partial charge < -0.3 is 10.1 Å². The second kappa shape index (κ2) is 3.90. The number of ether oxygens (including phenoxy) is 1. The van der Waals surface area contributed by atoms with Gasteiger partial charge in [-0.25, -0.2) is 0 Å². The van der Waals surface area contributed by atoms with Crippen LogP contribution in [0.1, 0.15) is 17.0 Å². The van der Waals surface area contributed by atoms with E-state index in [2.05, 4.69) is 29.6 Å². The molecular weight excluding hydrogens is 162 g/mol. The molecule has 2 nitrogen and oxygen atoms in total. The maximum Gasteiger partial charge on any atom is 0.0557 e. The maximum absolute atomic E-state index is 5.17. The molecule has 1 aliphatic heterocycles. The smallest absolute Gasteiger partial charge is 0.0557 e. The number of benzene rings is 1. The van der Waals surface area contributed by atoms with Gasteiger partial charge in [-0.15, -0.1) is 0 Å². The van der Waals surface area contributed by atoms with Gasteiger partial charge in [-0.05, 0) is 18.2 Å². The van der Waals surface area contributed by atoms with Gasteiger partial charge in [0, 0.05) is 12.5 Å². The lowest BCUT2D eigenvalue weighted by Crippen LogP contribution is -2.25. The standard InChI is InChI=1S/C11H15NO/c1-12-6-9-3-2-4-10(5-9)11-7-13-8-11/h2-5,11-12H,6-8H2,1H3. The quantitative estimate of drug-likeness (QED) is 0.755. The summed E-state index contributed by atoms with van der Waals surface area (Å²) in [6.45, 7) is 2.73. The molecular formula is C11H15NO. The average molecular weight is 177 g/mol. The Balaban J connectivity index is 2.11. The number of hydrogen-bond donors (Lipinski definition) is 1. The molecule has 1 fully saturated rings. The fourth-order valence-electron chi connectivity index (χ4n) is 1.59. The Morgan fingerprint density at radius 3 is 2.92 bits per heavy atom. The van der Waals surface area contributed by atoms with Crippen molar-refractivity contribution in [1.82, 2.24) is 5.32 Å². The van der Waals surface area contributed by atoms with E-state index in [-0.39, 0.29) is 0 Å². The van der Waals surface area contributed by atoms with Crippen molar-refractivity contribution in [2.75, 3.05) is 20.3 Å². The van der Waals surface area contributed by atoms with Gasteiger partial charge in [0.2, 0.25) is 0 Å². The Bertz CT molecular complexity index is 281. The molecule has 0 saturated carbocycles. The zero-order chi connectivity index (χ0) is 9.10. The van der Waals surface area contributed by atoms with Gasteiger partial charge in [0.1, 0.15) is 0 Å². The van der Waals surface area contributed by atoms with Crippen LogP contribution in [0.2, 0.25) is 0 Å². The molecule has 1 aromatic rings. The molecule has 0 atom stereocenters. The van der Waals surface area contributed by atoms with Crippen LogP contribution in [0.3, 0.4) is 0 Å². The number of rotatable bonds is 3. The summed E-state index contributed by atoms with van der Waals surface area (Å²) in [7, 11) is 1.97. The van der Waals surface area contributed by atoms with Gasteiger partial charge in [0.15, 0.2) is 0 Å². The molecule has 0 aromatic heterocycles. The van der Waals surface area contributed by atoms with Crippen LogP contribution in [0.25, 0.3) is 0 Å². The Morgan fingerprint density at radius 2 is 2.31 bits per heavy atom. The Labute approximate surface area is 78.9 Å². The van der Waals surface area contributed by atoms with Crippen LogP contribution in [0, 0.1) is 0 Å². The summed E-state index contributed by atoms with van der Waals surface area (Å²) in [6.07, 6.45) is 0. The first-order valence-corrected chi connectivity index (χ1v) is 4.71. The lowest BCUT2D eigenvalue weighted by Gasteiger charge is -2.26. The molecule has 1 aromatic carbocycles. The summed E-state index contributed by atoms with van der Waals surface area (Å²) in [5, 5.41) is 3.15. The molecule has 0 bridgehead atoms. The minimum absolute atomic E-state index is 0.636. The molecule has 0 amide bonds. The molecule has 1 saturated heterocycles. The summed E-state index contributed by atoms with van der Waals surface area (Å²) in [5.74, 6) is 0.636. The zero-order valence-electron chi connectivity index (χ0n) is 7.92. The Hall–Kier alpha value is -0.860. The van der Waals surface area contributed by atoms with Crippen molar-refractivity contribution in [3.63, 3.8) is 0 Å². The molecule has 0 unspecified atom stereocenters. The highest BCUT2D eigenvalue weighted by atomic mass is 16.5. The van der Waals surface area contributed by atoms with Gasteiger partial charge in [0.25, 0.3) is 0 Å². The van der Waals surface area contributed by atoms with E-state index >= 15 is 0 Å². The van der Waals surface area contributed by atoms with Crippen LogP contribution in [-0.4, -0.2) is 20.3 Å². The van der Waals surface area contributed by atoms with E-state index in [9.17, 15) is 0 Å². The monoisotopic (exact) mass is 177 g/mol. The molecule has 0 radical (unpaired) electrons. The van der Waals surface area contributed by atoms with E-state index in [4.69, 9.17) is 4.74 Å². The summed E-state index contributed by atoms with van der Waals surface area (Å²) in [6, 6.07) is 8.73. The van der Waals surface area contributed by atoms with Crippen molar-refractivity contribution >= 4 is 0 Å². The first-order valence-electron chi connectivity index (χ1n) is 4.71. The van der Waals surface area contributed by atoms with Crippen LogP contribution < -0.4 is 5.32 Å². The molecule has 0 aliphatic carbocycles. The topological polar surface area (TPSA) is 21.3 Å². The van der Waals surface area contributed by atoms with E-state index < -0.39 is 0 Å². The second-order valence-corrected chi connectivity index (χ2v) is 3.51.